The summed E-state index contributed by atoms with van der Waals surface area (Å²) in [6, 6.07) is 16.5. The molecule has 5 aromatic rings. The SMILES string of the molecule is c1cc(NCc2ccc3[nH]ncc3c2)nc(NCc2ccc3[nH]ccc3c2)n1. The lowest BCUT2D eigenvalue weighted by Crippen LogP contribution is -2.06. The highest BCUT2D eigenvalue weighted by Gasteiger charge is 2.03. The molecule has 4 N–H and O–H groups in total. The zero-order valence-electron chi connectivity index (χ0n) is 15.1. The summed E-state index contributed by atoms with van der Waals surface area (Å²) in [5, 5.41) is 16.0. The highest BCUT2D eigenvalue weighted by Crippen LogP contribution is 2.16. The van der Waals surface area contributed by atoms with E-state index >= 15 is 0 Å². The third-order valence-corrected chi connectivity index (χ3v) is 4.70. The first kappa shape index (κ1) is 16.3. The molecular weight excluding hydrogens is 350 g/mol. The monoisotopic (exact) mass is 369 g/mol. The van der Waals surface area contributed by atoms with Crippen LogP contribution in [0.25, 0.3) is 21.8 Å². The second kappa shape index (κ2) is 7.03. The summed E-state index contributed by atoms with van der Waals surface area (Å²) in [6.45, 7) is 1.35. The molecule has 0 aliphatic heterocycles. The van der Waals surface area contributed by atoms with E-state index in [-0.39, 0.29) is 0 Å². The summed E-state index contributed by atoms with van der Waals surface area (Å²) in [5.41, 5.74) is 4.53. The van der Waals surface area contributed by atoms with Gasteiger partial charge in [-0.25, -0.2) is 4.98 Å². The van der Waals surface area contributed by atoms with E-state index in [1.807, 2.05) is 24.5 Å². The summed E-state index contributed by atoms with van der Waals surface area (Å²) >= 11 is 0. The quantitative estimate of drug-likeness (QED) is 0.362. The van der Waals surface area contributed by atoms with Crippen LogP contribution in [0.4, 0.5) is 11.8 Å². The van der Waals surface area contributed by atoms with Gasteiger partial charge in [-0.05, 0) is 52.9 Å². The molecule has 0 bridgehead atoms. The molecule has 0 radical (unpaired) electrons. The van der Waals surface area contributed by atoms with Gasteiger partial charge < -0.3 is 15.6 Å². The first-order valence-corrected chi connectivity index (χ1v) is 9.12. The van der Waals surface area contributed by atoms with Crippen LogP contribution in [0.3, 0.4) is 0 Å². The van der Waals surface area contributed by atoms with Gasteiger partial charge in [-0.2, -0.15) is 10.1 Å². The summed E-state index contributed by atoms with van der Waals surface area (Å²) < 4.78 is 0. The Morgan fingerprint density at radius 3 is 2.57 bits per heavy atom. The molecule has 5 rings (SSSR count). The number of anilines is 2. The highest BCUT2D eigenvalue weighted by atomic mass is 15.1. The van der Waals surface area contributed by atoms with E-state index in [9.17, 15) is 0 Å². The zero-order valence-corrected chi connectivity index (χ0v) is 15.1. The fourth-order valence-electron chi connectivity index (χ4n) is 3.23. The Morgan fingerprint density at radius 1 is 0.821 bits per heavy atom. The molecule has 0 amide bonds. The highest BCUT2D eigenvalue weighted by molar-refractivity contribution is 5.80. The maximum Gasteiger partial charge on any atom is 0.224 e. The van der Waals surface area contributed by atoms with Gasteiger partial charge in [0.05, 0.1) is 11.7 Å². The molecule has 0 aliphatic rings. The van der Waals surface area contributed by atoms with E-state index in [0.29, 0.717) is 19.0 Å². The van der Waals surface area contributed by atoms with Crippen LogP contribution < -0.4 is 10.6 Å². The van der Waals surface area contributed by atoms with Crippen molar-refractivity contribution < 1.29 is 0 Å². The van der Waals surface area contributed by atoms with Gasteiger partial charge in [0, 0.05) is 36.4 Å². The minimum atomic E-state index is 0.601. The average Bonchev–Trinajstić information content (AvgIpc) is 3.39. The van der Waals surface area contributed by atoms with E-state index in [4.69, 9.17) is 0 Å². The molecule has 2 aromatic carbocycles. The number of benzene rings is 2. The van der Waals surface area contributed by atoms with Gasteiger partial charge in [0.1, 0.15) is 5.82 Å². The van der Waals surface area contributed by atoms with Crippen molar-refractivity contribution in [1.29, 1.82) is 0 Å². The Kier molecular flexibility index (Phi) is 4.10. The van der Waals surface area contributed by atoms with Crippen LogP contribution in [-0.2, 0) is 13.1 Å². The van der Waals surface area contributed by atoms with E-state index in [0.717, 1.165) is 22.2 Å². The Hall–Kier alpha value is -3.87. The molecule has 0 fully saturated rings. The van der Waals surface area contributed by atoms with E-state index in [2.05, 4.69) is 72.2 Å². The van der Waals surface area contributed by atoms with Crippen LogP contribution in [0.1, 0.15) is 11.1 Å². The summed E-state index contributed by atoms with van der Waals surface area (Å²) in [6.07, 6.45) is 5.53. The van der Waals surface area contributed by atoms with Gasteiger partial charge in [-0.3, -0.25) is 5.10 Å². The van der Waals surface area contributed by atoms with Crippen LogP contribution in [0.2, 0.25) is 0 Å². The number of fused-ring (bicyclic) bond motifs is 2. The normalized spacial score (nSPS) is 11.1. The van der Waals surface area contributed by atoms with E-state index < -0.39 is 0 Å². The van der Waals surface area contributed by atoms with E-state index in [1.54, 1.807) is 6.20 Å². The van der Waals surface area contributed by atoms with E-state index in [1.165, 1.54) is 16.5 Å². The van der Waals surface area contributed by atoms with Gasteiger partial charge in [0.25, 0.3) is 0 Å². The maximum atomic E-state index is 4.55. The lowest BCUT2D eigenvalue weighted by Gasteiger charge is -2.09. The molecule has 138 valence electrons. The molecule has 0 aliphatic carbocycles. The van der Waals surface area contributed by atoms with Crippen molar-refractivity contribution in [1.82, 2.24) is 25.1 Å². The molecule has 28 heavy (non-hydrogen) atoms. The van der Waals surface area contributed by atoms with Gasteiger partial charge in [-0.15, -0.1) is 0 Å². The average molecular weight is 369 g/mol. The Balaban J connectivity index is 1.23. The Bertz CT molecular complexity index is 1140. The molecule has 0 saturated heterocycles. The number of rotatable bonds is 6. The predicted octanol–water partition coefficient (Wildman–Crippen LogP) is 4.06. The second-order valence-corrected chi connectivity index (χ2v) is 6.66. The minimum Gasteiger partial charge on any atom is -0.366 e. The molecule has 0 saturated carbocycles. The molecule has 0 spiro atoms. The summed E-state index contributed by atoms with van der Waals surface area (Å²) in [7, 11) is 0. The number of H-pyrrole nitrogens is 2. The van der Waals surface area contributed by atoms with Gasteiger partial charge >= 0.3 is 0 Å². The van der Waals surface area contributed by atoms with Gasteiger partial charge in [0.2, 0.25) is 5.95 Å². The molecule has 3 heterocycles. The third-order valence-electron chi connectivity index (χ3n) is 4.70. The van der Waals surface area contributed by atoms with Crippen molar-refractivity contribution >= 4 is 33.6 Å². The summed E-state index contributed by atoms with van der Waals surface area (Å²) in [5.74, 6) is 1.38. The summed E-state index contributed by atoms with van der Waals surface area (Å²) in [4.78, 5) is 12.1. The lowest BCUT2D eigenvalue weighted by molar-refractivity contribution is 1.04. The molecule has 0 atom stereocenters. The number of nitrogens with one attached hydrogen (secondary N) is 4. The van der Waals surface area contributed by atoms with Crippen LogP contribution in [0.15, 0.2) is 67.1 Å². The van der Waals surface area contributed by atoms with Crippen LogP contribution in [0, 0.1) is 0 Å². The van der Waals surface area contributed by atoms with Crippen LogP contribution in [0.5, 0.6) is 0 Å². The second-order valence-electron chi connectivity index (χ2n) is 6.66. The van der Waals surface area contributed by atoms with Crippen molar-refractivity contribution in [2.24, 2.45) is 0 Å². The van der Waals surface area contributed by atoms with Crippen molar-refractivity contribution in [2.75, 3.05) is 10.6 Å². The fourth-order valence-corrected chi connectivity index (χ4v) is 3.23. The number of aromatic nitrogens is 5. The predicted molar refractivity (Wildman–Crippen MR) is 111 cm³/mol. The standard InChI is InChI=1S/C21H19N7/c1-3-18-16(5-7-22-18)9-14(1)12-25-21-23-8-6-20(27-21)24-11-15-2-4-19-17(10-15)13-26-28-19/h1-10,13,22H,11-12H2,(H,26,28)(H2,23,24,25,27). The molecule has 7 heteroatoms. The fraction of sp³-hybridized carbons (Fsp3) is 0.0952. The van der Waals surface area contributed by atoms with Crippen molar-refractivity contribution in [2.45, 2.75) is 13.1 Å². The maximum absolute atomic E-state index is 4.55. The number of nitrogens with zero attached hydrogens (tertiary/aromatic N) is 3. The Labute approximate surface area is 161 Å². The topological polar surface area (TPSA) is 94.3 Å². The first-order chi connectivity index (χ1) is 13.8. The molecular formula is C21H19N7. The molecule has 0 unspecified atom stereocenters. The molecule has 3 aromatic heterocycles. The molecule has 7 nitrogen and oxygen atoms in total. The van der Waals surface area contributed by atoms with Crippen molar-refractivity contribution in [3.63, 3.8) is 0 Å². The van der Waals surface area contributed by atoms with Crippen molar-refractivity contribution in [3.05, 3.63) is 78.2 Å². The smallest absolute Gasteiger partial charge is 0.224 e. The largest absolute Gasteiger partial charge is 0.366 e. The van der Waals surface area contributed by atoms with Gasteiger partial charge in [0.15, 0.2) is 0 Å². The number of aromatic amines is 2. The number of hydrogen-bond acceptors (Lipinski definition) is 5. The lowest BCUT2D eigenvalue weighted by atomic mass is 10.1. The van der Waals surface area contributed by atoms with Crippen LogP contribution >= 0.6 is 0 Å². The minimum absolute atomic E-state index is 0.601. The van der Waals surface area contributed by atoms with Crippen LogP contribution in [-0.4, -0.2) is 25.1 Å². The third kappa shape index (κ3) is 3.37. The van der Waals surface area contributed by atoms with Gasteiger partial charge in [-0.1, -0.05) is 12.1 Å². The Morgan fingerprint density at radius 2 is 1.64 bits per heavy atom. The zero-order chi connectivity index (χ0) is 18.8. The van der Waals surface area contributed by atoms with Crippen molar-refractivity contribution in [3.8, 4) is 0 Å². The first-order valence-electron chi connectivity index (χ1n) is 9.12. The number of hydrogen-bond donors (Lipinski definition) is 4.